The highest BCUT2D eigenvalue weighted by Gasteiger charge is 2.00. The molecule has 4 heteroatoms. The largest absolute Gasteiger partial charge is 0.481 e. The van der Waals surface area contributed by atoms with E-state index in [0.717, 1.165) is 22.5 Å². The number of rotatable bonds is 4. The van der Waals surface area contributed by atoms with E-state index < -0.39 is 0 Å². The molecule has 0 saturated carbocycles. The van der Waals surface area contributed by atoms with Crippen molar-refractivity contribution >= 4 is 11.4 Å². The van der Waals surface area contributed by atoms with Gasteiger partial charge in [-0.25, -0.2) is 4.98 Å². The average molecular weight is 243 g/mol. The minimum atomic E-state index is 0.617. The summed E-state index contributed by atoms with van der Waals surface area (Å²) >= 11 is 0. The molecular formula is C14H17N3O. The Labute approximate surface area is 107 Å². The van der Waals surface area contributed by atoms with Crippen molar-refractivity contribution in [2.75, 3.05) is 18.2 Å². The summed E-state index contributed by atoms with van der Waals surface area (Å²) < 4.78 is 5.08. The van der Waals surface area contributed by atoms with Gasteiger partial charge in [-0.3, -0.25) is 0 Å². The molecule has 94 valence electrons. The summed E-state index contributed by atoms with van der Waals surface area (Å²) in [5.41, 5.74) is 9.90. The van der Waals surface area contributed by atoms with Crippen molar-refractivity contribution < 1.29 is 4.74 Å². The molecule has 0 saturated heterocycles. The molecule has 3 N–H and O–H groups in total. The summed E-state index contributed by atoms with van der Waals surface area (Å²) in [7, 11) is 1.61. The number of aryl methyl sites for hydroxylation is 1. The molecule has 2 aromatic rings. The van der Waals surface area contributed by atoms with Crippen LogP contribution in [-0.4, -0.2) is 12.1 Å². The van der Waals surface area contributed by atoms with Crippen LogP contribution < -0.4 is 15.8 Å². The molecule has 0 aliphatic rings. The SMILES string of the molecule is COc1cc(CNc2ccc(C)cc2N)ccn1. The van der Waals surface area contributed by atoms with Crippen molar-refractivity contribution in [2.45, 2.75) is 13.5 Å². The molecular weight excluding hydrogens is 226 g/mol. The number of nitrogen functional groups attached to an aromatic ring is 1. The number of pyridine rings is 1. The second kappa shape index (κ2) is 5.40. The second-order valence-corrected chi connectivity index (χ2v) is 4.15. The lowest BCUT2D eigenvalue weighted by Crippen LogP contribution is -2.03. The molecule has 0 spiro atoms. The number of hydrogen-bond acceptors (Lipinski definition) is 4. The number of hydrogen-bond donors (Lipinski definition) is 2. The van der Waals surface area contributed by atoms with E-state index in [9.17, 15) is 0 Å². The van der Waals surface area contributed by atoms with Gasteiger partial charge in [-0.2, -0.15) is 0 Å². The quantitative estimate of drug-likeness (QED) is 0.810. The first kappa shape index (κ1) is 12.2. The fourth-order valence-corrected chi connectivity index (χ4v) is 1.71. The number of aromatic nitrogens is 1. The number of benzene rings is 1. The number of nitrogens with one attached hydrogen (secondary N) is 1. The van der Waals surface area contributed by atoms with Crippen LogP contribution in [0.4, 0.5) is 11.4 Å². The summed E-state index contributed by atoms with van der Waals surface area (Å²) in [6.07, 6.45) is 1.73. The molecule has 18 heavy (non-hydrogen) atoms. The van der Waals surface area contributed by atoms with Crippen LogP contribution in [0.25, 0.3) is 0 Å². The van der Waals surface area contributed by atoms with Gasteiger partial charge in [0.25, 0.3) is 0 Å². The zero-order valence-corrected chi connectivity index (χ0v) is 10.6. The first-order valence-electron chi connectivity index (χ1n) is 5.78. The zero-order chi connectivity index (χ0) is 13.0. The second-order valence-electron chi connectivity index (χ2n) is 4.15. The van der Waals surface area contributed by atoms with Crippen LogP contribution in [0.2, 0.25) is 0 Å². The molecule has 0 bridgehead atoms. The first-order valence-corrected chi connectivity index (χ1v) is 5.78. The van der Waals surface area contributed by atoms with Gasteiger partial charge in [-0.1, -0.05) is 6.07 Å². The van der Waals surface area contributed by atoms with Gasteiger partial charge >= 0.3 is 0 Å². The maximum atomic E-state index is 5.94. The molecule has 0 atom stereocenters. The van der Waals surface area contributed by atoms with Crippen molar-refractivity contribution in [3.05, 3.63) is 47.7 Å². The number of ether oxygens (including phenoxy) is 1. The Hall–Kier alpha value is -2.23. The molecule has 2 rings (SSSR count). The predicted molar refractivity (Wildman–Crippen MR) is 73.7 cm³/mol. The summed E-state index contributed by atoms with van der Waals surface area (Å²) in [5, 5.41) is 3.30. The standard InChI is InChI=1S/C14H17N3O/c1-10-3-4-13(12(15)7-10)17-9-11-5-6-16-14(8-11)18-2/h3-8,17H,9,15H2,1-2H3. The average Bonchev–Trinajstić information content (AvgIpc) is 2.38. The van der Waals surface area contributed by atoms with Gasteiger partial charge in [0.15, 0.2) is 0 Å². The lowest BCUT2D eigenvalue weighted by atomic mass is 10.2. The van der Waals surface area contributed by atoms with Gasteiger partial charge in [-0.15, -0.1) is 0 Å². The van der Waals surface area contributed by atoms with Crippen molar-refractivity contribution in [1.82, 2.24) is 4.98 Å². The number of nitrogens with two attached hydrogens (primary N) is 1. The Morgan fingerprint density at radius 2 is 2.11 bits per heavy atom. The van der Waals surface area contributed by atoms with E-state index in [1.165, 1.54) is 0 Å². The van der Waals surface area contributed by atoms with E-state index >= 15 is 0 Å². The summed E-state index contributed by atoms with van der Waals surface area (Å²) in [4.78, 5) is 4.07. The van der Waals surface area contributed by atoms with E-state index in [-0.39, 0.29) is 0 Å². The highest BCUT2D eigenvalue weighted by Crippen LogP contribution is 2.20. The Morgan fingerprint density at radius 1 is 1.28 bits per heavy atom. The van der Waals surface area contributed by atoms with Crippen LogP contribution in [0.1, 0.15) is 11.1 Å². The highest BCUT2D eigenvalue weighted by atomic mass is 16.5. The molecule has 1 aromatic heterocycles. The third-order valence-corrected chi connectivity index (χ3v) is 2.70. The van der Waals surface area contributed by atoms with Crippen LogP contribution in [-0.2, 0) is 6.54 Å². The van der Waals surface area contributed by atoms with Crippen LogP contribution in [0.5, 0.6) is 5.88 Å². The Balaban J connectivity index is 2.06. The number of anilines is 2. The van der Waals surface area contributed by atoms with Crippen LogP contribution >= 0.6 is 0 Å². The number of methoxy groups -OCH3 is 1. The third kappa shape index (κ3) is 2.91. The molecule has 0 fully saturated rings. The lowest BCUT2D eigenvalue weighted by Gasteiger charge is -2.10. The number of nitrogens with zero attached hydrogens (tertiary/aromatic N) is 1. The molecule has 1 heterocycles. The normalized spacial score (nSPS) is 10.1. The Morgan fingerprint density at radius 3 is 2.83 bits per heavy atom. The van der Waals surface area contributed by atoms with Gasteiger partial charge in [0.1, 0.15) is 0 Å². The minimum absolute atomic E-state index is 0.617. The highest BCUT2D eigenvalue weighted by molar-refractivity contribution is 5.66. The third-order valence-electron chi connectivity index (χ3n) is 2.70. The zero-order valence-electron chi connectivity index (χ0n) is 10.6. The van der Waals surface area contributed by atoms with Gasteiger partial charge in [0, 0.05) is 18.8 Å². The van der Waals surface area contributed by atoms with Crippen molar-refractivity contribution in [1.29, 1.82) is 0 Å². The van der Waals surface area contributed by atoms with E-state index in [1.54, 1.807) is 13.3 Å². The van der Waals surface area contributed by atoms with Crippen LogP contribution in [0, 0.1) is 6.92 Å². The van der Waals surface area contributed by atoms with Gasteiger partial charge < -0.3 is 15.8 Å². The smallest absolute Gasteiger partial charge is 0.213 e. The van der Waals surface area contributed by atoms with Gasteiger partial charge in [0.2, 0.25) is 5.88 Å². The Bertz CT molecular complexity index is 540. The van der Waals surface area contributed by atoms with Crippen LogP contribution in [0.3, 0.4) is 0 Å². The fraction of sp³-hybridized carbons (Fsp3) is 0.214. The lowest BCUT2D eigenvalue weighted by molar-refractivity contribution is 0.397. The maximum Gasteiger partial charge on any atom is 0.213 e. The molecule has 4 nitrogen and oxygen atoms in total. The van der Waals surface area contributed by atoms with E-state index in [1.807, 2.05) is 37.3 Å². The van der Waals surface area contributed by atoms with Crippen molar-refractivity contribution in [3.8, 4) is 5.88 Å². The van der Waals surface area contributed by atoms with E-state index in [0.29, 0.717) is 12.4 Å². The monoisotopic (exact) mass is 243 g/mol. The van der Waals surface area contributed by atoms with Crippen LogP contribution in [0.15, 0.2) is 36.5 Å². The van der Waals surface area contributed by atoms with Crippen molar-refractivity contribution in [3.63, 3.8) is 0 Å². The molecule has 0 unspecified atom stereocenters. The van der Waals surface area contributed by atoms with E-state index in [4.69, 9.17) is 10.5 Å². The maximum absolute atomic E-state index is 5.94. The van der Waals surface area contributed by atoms with E-state index in [2.05, 4.69) is 10.3 Å². The first-order chi connectivity index (χ1) is 8.69. The molecule has 0 amide bonds. The summed E-state index contributed by atoms with van der Waals surface area (Å²) in [5.74, 6) is 0.617. The summed E-state index contributed by atoms with van der Waals surface area (Å²) in [6, 6.07) is 9.82. The molecule has 0 aliphatic carbocycles. The Kier molecular flexibility index (Phi) is 3.67. The fourth-order valence-electron chi connectivity index (χ4n) is 1.71. The van der Waals surface area contributed by atoms with Gasteiger partial charge in [-0.05, 0) is 36.2 Å². The van der Waals surface area contributed by atoms with Gasteiger partial charge in [0.05, 0.1) is 18.5 Å². The predicted octanol–water partition coefficient (Wildman–Crippen LogP) is 2.59. The topological polar surface area (TPSA) is 60.2 Å². The minimum Gasteiger partial charge on any atom is -0.481 e. The molecule has 0 radical (unpaired) electrons. The molecule has 1 aromatic carbocycles. The summed E-state index contributed by atoms with van der Waals surface area (Å²) in [6.45, 7) is 2.71. The van der Waals surface area contributed by atoms with Crippen molar-refractivity contribution in [2.24, 2.45) is 0 Å². The molecule has 0 aliphatic heterocycles.